The maximum atomic E-state index is 6.33. The second kappa shape index (κ2) is 4.85. The number of aromatic nitrogens is 2. The summed E-state index contributed by atoms with van der Waals surface area (Å²) < 4.78 is 2.93. The Balaban J connectivity index is 1.99. The van der Waals surface area contributed by atoms with E-state index in [1.54, 1.807) is 0 Å². The fourth-order valence-electron chi connectivity index (χ4n) is 2.84. The minimum Gasteiger partial charge on any atom is -0.383 e. The molecule has 4 heteroatoms. The number of benzene rings is 2. The number of anilines is 1. The number of nitrogens with two attached hydrogens (primary N) is 1. The molecule has 4 rings (SSSR count). The lowest BCUT2D eigenvalue weighted by atomic mass is 10.1. The quantitative estimate of drug-likeness (QED) is 0.534. The minimum absolute atomic E-state index is 0.662. The van der Waals surface area contributed by atoms with Crippen LogP contribution < -0.4 is 5.73 Å². The van der Waals surface area contributed by atoms with Gasteiger partial charge in [0, 0.05) is 16.2 Å². The third kappa shape index (κ3) is 1.99. The van der Waals surface area contributed by atoms with Gasteiger partial charge in [0.2, 0.25) is 0 Å². The zero-order valence-electron chi connectivity index (χ0n) is 12.0. The van der Waals surface area contributed by atoms with Gasteiger partial charge in [-0.15, -0.1) is 0 Å². The van der Waals surface area contributed by atoms with E-state index >= 15 is 0 Å². The Hall–Kier alpha value is -2.33. The predicted molar refractivity (Wildman–Crippen MR) is 95.0 cm³/mol. The van der Waals surface area contributed by atoms with Crippen molar-refractivity contribution in [1.82, 2.24) is 9.38 Å². The summed E-state index contributed by atoms with van der Waals surface area (Å²) >= 11 is 3.51. The molecule has 3 nitrogen and oxygen atoms in total. The topological polar surface area (TPSA) is 43.3 Å². The van der Waals surface area contributed by atoms with Crippen LogP contribution in [-0.2, 0) is 0 Å². The van der Waals surface area contributed by atoms with E-state index in [0.717, 1.165) is 26.9 Å². The lowest BCUT2D eigenvalue weighted by Crippen LogP contribution is -1.95. The van der Waals surface area contributed by atoms with Crippen LogP contribution in [0.25, 0.3) is 27.7 Å². The number of hydrogen-bond donors (Lipinski definition) is 1. The number of aryl methyl sites for hydroxylation is 1. The monoisotopic (exact) mass is 351 g/mol. The third-order valence-electron chi connectivity index (χ3n) is 3.93. The molecule has 0 aliphatic carbocycles. The smallest absolute Gasteiger partial charge is 0.142 e. The molecule has 0 bridgehead atoms. The van der Waals surface area contributed by atoms with Crippen LogP contribution in [0, 0.1) is 6.92 Å². The van der Waals surface area contributed by atoms with Crippen molar-refractivity contribution in [2.45, 2.75) is 6.92 Å². The standard InChI is InChI=1S/C18H14BrN3/c1-11-8-15(19)10-22-17(20)16(21-18(11)22)14-7-6-12-4-2-3-5-13(12)9-14/h2-10H,20H2,1H3. The molecule has 0 amide bonds. The van der Waals surface area contributed by atoms with Crippen molar-refractivity contribution in [3.63, 3.8) is 0 Å². The van der Waals surface area contributed by atoms with Crippen molar-refractivity contribution in [3.05, 3.63) is 64.8 Å². The number of nitrogen functional groups attached to an aromatic ring is 1. The van der Waals surface area contributed by atoms with Crippen LogP contribution in [0.15, 0.2) is 59.2 Å². The van der Waals surface area contributed by atoms with Crippen LogP contribution in [-0.4, -0.2) is 9.38 Å². The van der Waals surface area contributed by atoms with Gasteiger partial charge in [-0.1, -0.05) is 36.4 Å². The molecule has 0 aliphatic rings. The van der Waals surface area contributed by atoms with Gasteiger partial charge >= 0.3 is 0 Å². The molecule has 4 aromatic rings. The van der Waals surface area contributed by atoms with E-state index in [4.69, 9.17) is 10.7 Å². The Kier molecular flexibility index (Phi) is 2.94. The van der Waals surface area contributed by atoms with Crippen LogP contribution in [0.2, 0.25) is 0 Å². The molecule has 0 atom stereocenters. The van der Waals surface area contributed by atoms with Crippen LogP contribution in [0.1, 0.15) is 5.56 Å². The van der Waals surface area contributed by atoms with Gasteiger partial charge in [-0.25, -0.2) is 4.98 Å². The lowest BCUT2D eigenvalue weighted by molar-refractivity contribution is 1.16. The predicted octanol–water partition coefficient (Wildman–Crippen LogP) is 4.81. The van der Waals surface area contributed by atoms with Crippen molar-refractivity contribution < 1.29 is 0 Å². The Bertz CT molecular complexity index is 1020. The van der Waals surface area contributed by atoms with Gasteiger partial charge in [-0.05, 0) is 51.3 Å². The molecule has 2 N–H and O–H groups in total. The molecule has 0 aliphatic heterocycles. The average Bonchev–Trinajstić information content (AvgIpc) is 2.84. The molecule has 0 unspecified atom stereocenters. The summed E-state index contributed by atoms with van der Waals surface area (Å²) in [4.78, 5) is 4.75. The van der Waals surface area contributed by atoms with Crippen molar-refractivity contribution in [2.24, 2.45) is 0 Å². The Labute approximate surface area is 136 Å². The fraction of sp³-hybridized carbons (Fsp3) is 0.0556. The van der Waals surface area contributed by atoms with E-state index in [1.165, 1.54) is 10.8 Å². The molecule has 0 spiro atoms. The van der Waals surface area contributed by atoms with Crippen LogP contribution in [0.4, 0.5) is 5.82 Å². The number of rotatable bonds is 1. The second-order valence-electron chi connectivity index (χ2n) is 5.44. The van der Waals surface area contributed by atoms with Crippen molar-refractivity contribution in [2.75, 3.05) is 5.73 Å². The maximum absolute atomic E-state index is 6.33. The fourth-order valence-corrected chi connectivity index (χ4v) is 3.38. The molecule has 108 valence electrons. The van der Waals surface area contributed by atoms with Gasteiger partial charge in [-0.3, -0.25) is 4.40 Å². The highest BCUT2D eigenvalue weighted by Gasteiger charge is 2.13. The number of imidazole rings is 1. The summed E-state index contributed by atoms with van der Waals surface area (Å²) in [5, 5.41) is 2.40. The van der Waals surface area contributed by atoms with Gasteiger partial charge in [0.05, 0.1) is 0 Å². The highest BCUT2D eigenvalue weighted by Crippen LogP contribution is 2.31. The first kappa shape index (κ1) is 13.3. The summed E-state index contributed by atoms with van der Waals surface area (Å²) in [7, 11) is 0. The molecule has 2 aromatic carbocycles. The van der Waals surface area contributed by atoms with Crippen LogP contribution in [0.3, 0.4) is 0 Å². The van der Waals surface area contributed by atoms with Crippen LogP contribution in [0.5, 0.6) is 0 Å². The lowest BCUT2D eigenvalue weighted by Gasteiger charge is -2.03. The first-order chi connectivity index (χ1) is 10.6. The zero-order valence-corrected chi connectivity index (χ0v) is 13.6. The SMILES string of the molecule is Cc1cc(Br)cn2c(N)c(-c3ccc4ccccc4c3)nc12. The van der Waals surface area contributed by atoms with E-state index in [2.05, 4.69) is 46.3 Å². The Morgan fingerprint density at radius 1 is 1.05 bits per heavy atom. The maximum Gasteiger partial charge on any atom is 0.142 e. The van der Waals surface area contributed by atoms with Gasteiger partial charge in [0.15, 0.2) is 0 Å². The summed E-state index contributed by atoms with van der Waals surface area (Å²) in [6, 6.07) is 16.7. The largest absolute Gasteiger partial charge is 0.383 e. The van der Waals surface area contributed by atoms with Gasteiger partial charge in [-0.2, -0.15) is 0 Å². The van der Waals surface area contributed by atoms with Crippen molar-refractivity contribution in [3.8, 4) is 11.3 Å². The summed E-state index contributed by atoms with van der Waals surface area (Å²) in [5.41, 5.74) is 10.2. The molecule has 0 fully saturated rings. The number of hydrogen-bond acceptors (Lipinski definition) is 2. The Morgan fingerprint density at radius 2 is 1.82 bits per heavy atom. The molecule has 0 saturated carbocycles. The number of fused-ring (bicyclic) bond motifs is 2. The first-order valence-corrected chi connectivity index (χ1v) is 7.85. The minimum atomic E-state index is 0.662. The summed E-state index contributed by atoms with van der Waals surface area (Å²) in [5.74, 6) is 0.662. The average molecular weight is 352 g/mol. The first-order valence-electron chi connectivity index (χ1n) is 7.06. The molecule has 2 aromatic heterocycles. The van der Waals surface area contributed by atoms with E-state index < -0.39 is 0 Å². The van der Waals surface area contributed by atoms with Gasteiger partial charge in [0.25, 0.3) is 0 Å². The Morgan fingerprint density at radius 3 is 2.64 bits per heavy atom. The number of pyridine rings is 1. The number of nitrogens with zero attached hydrogens (tertiary/aromatic N) is 2. The molecule has 2 heterocycles. The van der Waals surface area contributed by atoms with E-state index in [1.807, 2.05) is 35.7 Å². The zero-order chi connectivity index (χ0) is 15.3. The van der Waals surface area contributed by atoms with E-state index in [0.29, 0.717) is 5.82 Å². The molecular weight excluding hydrogens is 338 g/mol. The van der Waals surface area contributed by atoms with Crippen molar-refractivity contribution in [1.29, 1.82) is 0 Å². The third-order valence-corrected chi connectivity index (χ3v) is 4.36. The normalized spacial score (nSPS) is 11.4. The second-order valence-corrected chi connectivity index (χ2v) is 6.36. The summed E-state index contributed by atoms with van der Waals surface area (Å²) in [6.07, 6.45) is 1.95. The van der Waals surface area contributed by atoms with Crippen molar-refractivity contribution >= 4 is 38.2 Å². The summed E-state index contributed by atoms with van der Waals surface area (Å²) in [6.45, 7) is 2.04. The van der Waals surface area contributed by atoms with Gasteiger partial charge < -0.3 is 5.73 Å². The molecule has 0 saturated heterocycles. The van der Waals surface area contributed by atoms with E-state index in [-0.39, 0.29) is 0 Å². The molecular formula is C18H14BrN3. The van der Waals surface area contributed by atoms with Gasteiger partial charge in [0.1, 0.15) is 17.2 Å². The highest BCUT2D eigenvalue weighted by atomic mass is 79.9. The van der Waals surface area contributed by atoms with E-state index in [9.17, 15) is 0 Å². The molecule has 22 heavy (non-hydrogen) atoms. The van der Waals surface area contributed by atoms with Crippen LogP contribution >= 0.6 is 15.9 Å². The number of halogens is 1. The highest BCUT2D eigenvalue weighted by molar-refractivity contribution is 9.10. The molecule has 0 radical (unpaired) electrons.